The van der Waals surface area contributed by atoms with Gasteiger partial charge in [-0.15, -0.1) is 0 Å². The van der Waals surface area contributed by atoms with Gasteiger partial charge in [-0.2, -0.15) is 0 Å². The molecular formula is C26H37NO. The molecule has 8 atom stereocenters. The minimum absolute atomic E-state index is 0.325. The van der Waals surface area contributed by atoms with Crippen LogP contribution in [-0.2, 0) is 4.79 Å². The summed E-state index contributed by atoms with van der Waals surface area (Å²) in [5.41, 5.74) is 2.35. The van der Waals surface area contributed by atoms with Crippen LogP contribution in [0.3, 0.4) is 0 Å². The van der Waals surface area contributed by atoms with Gasteiger partial charge in [-0.05, 0) is 84.5 Å². The average molecular weight is 380 g/mol. The number of hydrogen-bond donors (Lipinski definition) is 0. The van der Waals surface area contributed by atoms with Crippen LogP contribution in [0.4, 0.5) is 0 Å². The maximum atomic E-state index is 12.4. The molecule has 2 nitrogen and oxygen atoms in total. The van der Waals surface area contributed by atoms with Crippen LogP contribution in [0.5, 0.6) is 0 Å². The molecule has 0 bridgehead atoms. The number of fused-ring (bicyclic) bond motifs is 5. The number of carbonyl (C=O) groups is 1. The van der Waals surface area contributed by atoms with Crippen molar-refractivity contribution in [2.24, 2.45) is 34.5 Å². The molecule has 2 heteroatoms. The van der Waals surface area contributed by atoms with E-state index in [0.29, 0.717) is 22.8 Å². The molecule has 0 N–H and O–H groups in total. The molecule has 1 heterocycles. The first-order chi connectivity index (χ1) is 13.4. The van der Waals surface area contributed by atoms with Gasteiger partial charge in [-0.1, -0.05) is 51.1 Å². The van der Waals surface area contributed by atoms with Gasteiger partial charge in [0.25, 0.3) is 0 Å². The van der Waals surface area contributed by atoms with Gasteiger partial charge in [0.15, 0.2) is 0 Å². The Labute approximate surface area is 171 Å². The third-order valence-electron chi connectivity index (χ3n) is 10.1. The third-order valence-corrected chi connectivity index (χ3v) is 10.1. The van der Waals surface area contributed by atoms with Crippen LogP contribution in [0.1, 0.15) is 77.2 Å². The summed E-state index contributed by atoms with van der Waals surface area (Å²) in [6.45, 7) is 7.67. The van der Waals surface area contributed by atoms with Gasteiger partial charge >= 0.3 is 0 Å². The fraction of sp³-hybridized carbons (Fsp3) is 0.731. The number of amides is 1. The molecule has 0 spiro atoms. The molecule has 28 heavy (non-hydrogen) atoms. The Hall–Kier alpha value is -1.31. The van der Waals surface area contributed by atoms with Crippen molar-refractivity contribution in [2.75, 3.05) is 7.05 Å². The standard InChI is InChI=1S/C26H37NO/c1-17-16-22-26(3,15-13-23(28)27(22)4)21-12-14-25(2)19(10-11-20(25)24(17)21)18-8-6-5-7-9-18/h5-9,17,19-22,24H,10-16H2,1-4H3/t17?,19?,20-,21+,22?,24-,25+,26+/m0/s1. The highest BCUT2D eigenvalue weighted by molar-refractivity contribution is 5.77. The maximum absolute atomic E-state index is 12.4. The molecule has 0 radical (unpaired) electrons. The number of benzene rings is 1. The lowest BCUT2D eigenvalue weighted by Gasteiger charge is -2.63. The van der Waals surface area contributed by atoms with Crippen LogP contribution in [0.25, 0.3) is 0 Å². The fourth-order valence-corrected chi connectivity index (χ4v) is 8.70. The maximum Gasteiger partial charge on any atom is 0.222 e. The summed E-state index contributed by atoms with van der Waals surface area (Å²) in [7, 11) is 2.07. The summed E-state index contributed by atoms with van der Waals surface area (Å²) < 4.78 is 0. The summed E-state index contributed by atoms with van der Waals surface area (Å²) >= 11 is 0. The van der Waals surface area contributed by atoms with Crippen molar-refractivity contribution in [3.8, 4) is 0 Å². The molecule has 4 aliphatic rings. The van der Waals surface area contributed by atoms with Crippen molar-refractivity contribution in [2.45, 2.75) is 77.7 Å². The monoisotopic (exact) mass is 379 g/mol. The van der Waals surface area contributed by atoms with E-state index < -0.39 is 0 Å². The Kier molecular flexibility index (Phi) is 4.24. The number of carbonyl (C=O) groups excluding carboxylic acids is 1. The zero-order valence-electron chi connectivity index (χ0n) is 18.2. The molecule has 3 saturated carbocycles. The molecule has 1 aromatic rings. The van der Waals surface area contributed by atoms with Gasteiger partial charge in [-0.3, -0.25) is 4.79 Å². The van der Waals surface area contributed by atoms with E-state index >= 15 is 0 Å². The number of nitrogens with zero attached hydrogens (tertiary/aromatic N) is 1. The van der Waals surface area contributed by atoms with Gasteiger partial charge in [0.05, 0.1) is 0 Å². The lowest BCUT2D eigenvalue weighted by Crippen LogP contribution is -2.63. The van der Waals surface area contributed by atoms with Gasteiger partial charge < -0.3 is 4.90 Å². The van der Waals surface area contributed by atoms with E-state index in [1.165, 1.54) is 32.1 Å². The quantitative estimate of drug-likeness (QED) is 0.597. The smallest absolute Gasteiger partial charge is 0.222 e. The predicted molar refractivity (Wildman–Crippen MR) is 114 cm³/mol. The third kappa shape index (κ3) is 2.42. The van der Waals surface area contributed by atoms with Crippen LogP contribution < -0.4 is 0 Å². The van der Waals surface area contributed by atoms with E-state index in [-0.39, 0.29) is 0 Å². The second-order valence-electron chi connectivity index (χ2n) is 11.1. The normalized spacial score (nSPS) is 48.0. The highest BCUT2D eigenvalue weighted by Gasteiger charge is 2.62. The molecule has 1 saturated heterocycles. The van der Waals surface area contributed by atoms with Crippen molar-refractivity contribution < 1.29 is 4.79 Å². The lowest BCUT2D eigenvalue weighted by atomic mass is 9.44. The summed E-state index contributed by atoms with van der Waals surface area (Å²) in [6, 6.07) is 11.8. The van der Waals surface area contributed by atoms with E-state index in [0.717, 1.165) is 42.4 Å². The molecule has 1 aliphatic heterocycles. The van der Waals surface area contributed by atoms with E-state index in [2.05, 4.69) is 63.1 Å². The van der Waals surface area contributed by atoms with E-state index in [1.807, 2.05) is 0 Å². The Morgan fingerprint density at radius 1 is 0.964 bits per heavy atom. The minimum Gasteiger partial charge on any atom is -0.342 e. The van der Waals surface area contributed by atoms with Crippen molar-refractivity contribution in [3.05, 3.63) is 35.9 Å². The number of rotatable bonds is 1. The highest BCUT2D eigenvalue weighted by atomic mass is 16.2. The SMILES string of the molecule is CC1CC2N(C)C(=O)CC[C@]2(C)[C@@H]2CC[C@]3(C)C(c4ccccc4)CC[C@H]3[C@H]12. The Morgan fingerprint density at radius 2 is 1.68 bits per heavy atom. The molecular weight excluding hydrogens is 342 g/mol. The summed E-state index contributed by atoms with van der Waals surface area (Å²) in [5, 5.41) is 0. The summed E-state index contributed by atoms with van der Waals surface area (Å²) in [6.07, 6.45) is 8.57. The van der Waals surface area contributed by atoms with Crippen LogP contribution >= 0.6 is 0 Å². The topological polar surface area (TPSA) is 20.3 Å². The minimum atomic E-state index is 0.325. The Morgan fingerprint density at radius 3 is 2.43 bits per heavy atom. The fourth-order valence-electron chi connectivity index (χ4n) is 8.70. The van der Waals surface area contributed by atoms with Gasteiger partial charge in [0.2, 0.25) is 5.91 Å². The molecule has 1 amide bonds. The van der Waals surface area contributed by atoms with Gasteiger partial charge in [0, 0.05) is 19.5 Å². The van der Waals surface area contributed by atoms with E-state index in [9.17, 15) is 4.79 Å². The van der Waals surface area contributed by atoms with E-state index in [4.69, 9.17) is 0 Å². The largest absolute Gasteiger partial charge is 0.342 e. The number of hydrogen-bond acceptors (Lipinski definition) is 1. The van der Waals surface area contributed by atoms with Crippen LogP contribution in [0, 0.1) is 34.5 Å². The number of likely N-dealkylation sites (tertiary alicyclic amines) is 1. The molecule has 3 unspecified atom stereocenters. The Balaban J connectivity index is 1.49. The molecule has 5 rings (SSSR count). The molecule has 0 aromatic heterocycles. The van der Waals surface area contributed by atoms with Crippen molar-refractivity contribution >= 4 is 5.91 Å². The summed E-state index contributed by atoms with van der Waals surface area (Å²) in [5.74, 6) is 4.33. The Bertz CT molecular complexity index is 759. The average Bonchev–Trinajstić information content (AvgIpc) is 3.05. The molecule has 152 valence electrons. The molecule has 3 aliphatic carbocycles. The van der Waals surface area contributed by atoms with Crippen molar-refractivity contribution in [1.82, 2.24) is 4.90 Å². The predicted octanol–water partition coefficient (Wildman–Crippen LogP) is 5.88. The zero-order valence-corrected chi connectivity index (χ0v) is 18.2. The molecule has 4 fully saturated rings. The first kappa shape index (κ1) is 18.7. The lowest BCUT2D eigenvalue weighted by molar-refractivity contribution is -0.165. The van der Waals surface area contributed by atoms with Crippen LogP contribution in [0.2, 0.25) is 0 Å². The second-order valence-corrected chi connectivity index (χ2v) is 11.1. The first-order valence-electron chi connectivity index (χ1n) is 11.7. The van der Waals surface area contributed by atoms with E-state index in [1.54, 1.807) is 5.56 Å². The number of piperidine rings is 1. The summed E-state index contributed by atoms with van der Waals surface area (Å²) in [4.78, 5) is 14.5. The van der Waals surface area contributed by atoms with Crippen LogP contribution in [-0.4, -0.2) is 23.9 Å². The first-order valence-corrected chi connectivity index (χ1v) is 11.7. The van der Waals surface area contributed by atoms with Gasteiger partial charge in [-0.25, -0.2) is 0 Å². The van der Waals surface area contributed by atoms with Crippen LogP contribution in [0.15, 0.2) is 30.3 Å². The van der Waals surface area contributed by atoms with Crippen molar-refractivity contribution in [3.63, 3.8) is 0 Å². The highest BCUT2D eigenvalue weighted by Crippen LogP contribution is 2.68. The second kappa shape index (κ2) is 6.34. The van der Waals surface area contributed by atoms with Crippen molar-refractivity contribution in [1.29, 1.82) is 0 Å². The van der Waals surface area contributed by atoms with Gasteiger partial charge in [0.1, 0.15) is 0 Å². The zero-order chi connectivity index (χ0) is 19.7. The molecule has 1 aromatic carbocycles.